The molecule has 128 valence electrons. The van der Waals surface area contributed by atoms with Crippen LogP contribution in [0.2, 0.25) is 10.0 Å². The third-order valence-electron chi connectivity index (χ3n) is 3.36. The SMILES string of the molecule is N#Cc1cccc(NC(=O)c2ccc(Nc3cccc(Cl)c3Cl)nn2)c1. The number of amides is 1. The molecule has 8 heteroatoms. The molecule has 0 aliphatic carbocycles. The first-order valence-electron chi connectivity index (χ1n) is 7.43. The summed E-state index contributed by atoms with van der Waals surface area (Å²) in [6, 6.07) is 16.9. The molecular weight excluding hydrogens is 373 g/mol. The van der Waals surface area contributed by atoms with Crippen LogP contribution in [0.3, 0.4) is 0 Å². The molecule has 0 radical (unpaired) electrons. The zero-order valence-corrected chi connectivity index (χ0v) is 14.7. The zero-order valence-electron chi connectivity index (χ0n) is 13.2. The average Bonchev–Trinajstić information content (AvgIpc) is 2.66. The van der Waals surface area contributed by atoms with E-state index < -0.39 is 5.91 Å². The molecular formula is C18H11Cl2N5O. The fraction of sp³-hybridized carbons (Fsp3) is 0. The van der Waals surface area contributed by atoms with Gasteiger partial charge in [0.25, 0.3) is 5.91 Å². The van der Waals surface area contributed by atoms with Gasteiger partial charge in [0.2, 0.25) is 0 Å². The molecule has 3 rings (SSSR count). The molecule has 0 bridgehead atoms. The van der Waals surface area contributed by atoms with Gasteiger partial charge in [-0.3, -0.25) is 4.79 Å². The first kappa shape index (κ1) is 17.7. The number of hydrogen-bond acceptors (Lipinski definition) is 5. The summed E-state index contributed by atoms with van der Waals surface area (Å²) in [7, 11) is 0. The molecule has 1 aromatic heterocycles. The molecule has 0 unspecified atom stereocenters. The molecule has 6 nitrogen and oxygen atoms in total. The highest BCUT2D eigenvalue weighted by molar-refractivity contribution is 6.43. The van der Waals surface area contributed by atoms with E-state index in [0.717, 1.165) is 0 Å². The molecule has 0 atom stereocenters. The summed E-state index contributed by atoms with van der Waals surface area (Å²) in [4.78, 5) is 12.2. The Morgan fingerprint density at radius 1 is 1.04 bits per heavy atom. The zero-order chi connectivity index (χ0) is 18.5. The highest BCUT2D eigenvalue weighted by Crippen LogP contribution is 2.31. The minimum atomic E-state index is -0.431. The quantitative estimate of drug-likeness (QED) is 0.683. The Morgan fingerprint density at radius 3 is 2.58 bits per heavy atom. The minimum absolute atomic E-state index is 0.134. The third kappa shape index (κ3) is 4.09. The van der Waals surface area contributed by atoms with E-state index in [0.29, 0.717) is 32.8 Å². The normalized spacial score (nSPS) is 10.0. The van der Waals surface area contributed by atoms with Crippen molar-refractivity contribution in [3.63, 3.8) is 0 Å². The average molecular weight is 384 g/mol. The summed E-state index contributed by atoms with van der Waals surface area (Å²) >= 11 is 12.1. The van der Waals surface area contributed by atoms with Crippen molar-refractivity contribution in [3.8, 4) is 6.07 Å². The number of hydrogen-bond donors (Lipinski definition) is 2. The first-order valence-corrected chi connectivity index (χ1v) is 8.18. The third-order valence-corrected chi connectivity index (χ3v) is 4.18. The van der Waals surface area contributed by atoms with Gasteiger partial charge >= 0.3 is 0 Å². The Bertz CT molecular complexity index is 999. The number of carbonyl (C=O) groups is 1. The van der Waals surface area contributed by atoms with Crippen LogP contribution in [0, 0.1) is 11.3 Å². The number of rotatable bonds is 4. The maximum absolute atomic E-state index is 12.2. The van der Waals surface area contributed by atoms with Gasteiger partial charge in [0.05, 0.1) is 27.4 Å². The van der Waals surface area contributed by atoms with Crippen molar-refractivity contribution in [3.05, 3.63) is 75.9 Å². The Balaban J connectivity index is 1.71. The fourth-order valence-corrected chi connectivity index (χ4v) is 2.47. The second-order valence-electron chi connectivity index (χ2n) is 5.18. The lowest BCUT2D eigenvalue weighted by molar-refractivity contribution is 0.102. The molecule has 0 aliphatic heterocycles. The van der Waals surface area contributed by atoms with Crippen LogP contribution in [0.5, 0.6) is 0 Å². The molecule has 0 spiro atoms. The van der Waals surface area contributed by atoms with E-state index in [1.54, 1.807) is 48.5 Å². The number of nitrogens with zero attached hydrogens (tertiary/aromatic N) is 3. The van der Waals surface area contributed by atoms with Gasteiger partial charge in [-0.25, -0.2) is 0 Å². The van der Waals surface area contributed by atoms with E-state index in [1.807, 2.05) is 6.07 Å². The van der Waals surface area contributed by atoms with Crippen molar-refractivity contribution in [2.24, 2.45) is 0 Å². The van der Waals surface area contributed by atoms with Crippen LogP contribution in [0.1, 0.15) is 16.1 Å². The summed E-state index contributed by atoms with van der Waals surface area (Å²) in [6.07, 6.45) is 0. The van der Waals surface area contributed by atoms with Gasteiger partial charge in [0, 0.05) is 5.69 Å². The van der Waals surface area contributed by atoms with Gasteiger partial charge in [-0.2, -0.15) is 5.26 Å². The Morgan fingerprint density at radius 2 is 1.85 bits per heavy atom. The van der Waals surface area contributed by atoms with Gasteiger partial charge < -0.3 is 10.6 Å². The molecule has 0 fully saturated rings. The number of benzene rings is 2. The van der Waals surface area contributed by atoms with E-state index in [2.05, 4.69) is 20.8 Å². The van der Waals surface area contributed by atoms with Crippen LogP contribution < -0.4 is 10.6 Å². The molecule has 2 aromatic carbocycles. The monoisotopic (exact) mass is 383 g/mol. The standard InChI is InChI=1S/C18H11Cl2N5O/c19-13-5-2-6-14(17(13)20)23-16-8-7-15(24-25-16)18(26)22-12-4-1-3-11(9-12)10-21/h1-9H,(H,22,26)(H,23,25). The number of carbonyl (C=O) groups excluding carboxylic acids is 1. The molecule has 3 aromatic rings. The maximum atomic E-state index is 12.2. The molecule has 2 N–H and O–H groups in total. The minimum Gasteiger partial charge on any atom is -0.337 e. The molecule has 0 saturated heterocycles. The lowest BCUT2D eigenvalue weighted by Gasteiger charge is -2.08. The highest BCUT2D eigenvalue weighted by atomic mass is 35.5. The lowest BCUT2D eigenvalue weighted by atomic mass is 10.2. The molecule has 0 aliphatic rings. The predicted molar refractivity (Wildman–Crippen MR) is 101 cm³/mol. The molecule has 1 amide bonds. The highest BCUT2D eigenvalue weighted by Gasteiger charge is 2.10. The van der Waals surface area contributed by atoms with Crippen molar-refractivity contribution in [1.29, 1.82) is 5.26 Å². The van der Waals surface area contributed by atoms with Crippen LogP contribution in [-0.2, 0) is 0 Å². The van der Waals surface area contributed by atoms with Crippen LogP contribution in [0.15, 0.2) is 54.6 Å². The Kier molecular flexibility index (Phi) is 5.32. The summed E-state index contributed by atoms with van der Waals surface area (Å²) in [5, 5.41) is 23.2. The molecule has 1 heterocycles. The van der Waals surface area contributed by atoms with Crippen LogP contribution in [-0.4, -0.2) is 16.1 Å². The van der Waals surface area contributed by atoms with Crippen molar-refractivity contribution in [2.75, 3.05) is 10.6 Å². The first-order chi connectivity index (χ1) is 12.6. The second kappa shape index (κ2) is 7.83. The number of anilines is 3. The summed E-state index contributed by atoms with van der Waals surface area (Å²) in [6.45, 7) is 0. The van der Waals surface area contributed by atoms with Crippen LogP contribution in [0.4, 0.5) is 17.2 Å². The summed E-state index contributed by atoms with van der Waals surface area (Å²) in [5.41, 5.74) is 1.67. The Labute approximate surface area is 159 Å². The van der Waals surface area contributed by atoms with Crippen LogP contribution in [0.25, 0.3) is 0 Å². The summed E-state index contributed by atoms with van der Waals surface area (Å²) < 4.78 is 0. The largest absolute Gasteiger partial charge is 0.337 e. The van der Waals surface area contributed by atoms with Crippen molar-refractivity contribution in [2.45, 2.75) is 0 Å². The second-order valence-corrected chi connectivity index (χ2v) is 5.96. The molecule has 26 heavy (non-hydrogen) atoms. The van der Waals surface area contributed by atoms with E-state index in [1.165, 1.54) is 6.07 Å². The number of nitriles is 1. The molecule has 0 saturated carbocycles. The Hall–Kier alpha value is -3.14. The van der Waals surface area contributed by atoms with Gasteiger partial charge in [0.15, 0.2) is 11.5 Å². The van der Waals surface area contributed by atoms with Gasteiger partial charge in [-0.15, -0.1) is 10.2 Å². The van der Waals surface area contributed by atoms with Gasteiger partial charge in [-0.1, -0.05) is 35.3 Å². The topological polar surface area (TPSA) is 90.7 Å². The van der Waals surface area contributed by atoms with Crippen LogP contribution >= 0.6 is 23.2 Å². The fourth-order valence-electron chi connectivity index (χ4n) is 2.12. The summed E-state index contributed by atoms with van der Waals surface area (Å²) in [5.74, 6) is -0.0166. The van der Waals surface area contributed by atoms with E-state index in [9.17, 15) is 4.79 Å². The number of halogens is 2. The van der Waals surface area contributed by atoms with E-state index >= 15 is 0 Å². The maximum Gasteiger partial charge on any atom is 0.276 e. The van der Waals surface area contributed by atoms with Crippen molar-refractivity contribution < 1.29 is 4.79 Å². The smallest absolute Gasteiger partial charge is 0.276 e. The van der Waals surface area contributed by atoms with E-state index in [-0.39, 0.29) is 5.69 Å². The predicted octanol–water partition coefficient (Wildman–Crippen LogP) is 4.65. The number of aromatic nitrogens is 2. The number of nitrogens with one attached hydrogen (secondary N) is 2. The van der Waals surface area contributed by atoms with E-state index in [4.69, 9.17) is 28.5 Å². The lowest BCUT2D eigenvalue weighted by Crippen LogP contribution is -2.14. The van der Waals surface area contributed by atoms with Gasteiger partial charge in [-0.05, 0) is 42.5 Å². The van der Waals surface area contributed by atoms with Gasteiger partial charge in [0.1, 0.15) is 0 Å². The van der Waals surface area contributed by atoms with Crippen molar-refractivity contribution >= 4 is 46.3 Å². The van der Waals surface area contributed by atoms with Crippen molar-refractivity contribution in [1.82, 2.24) is 10.2 Å².